The number of hydrogen-bond acceptors (Lipinski definition) is 4. The molecule has 6 nitrogen and oxygen atoms in total. The maximum Gasteiger partial charge on any atom is 0.337 e. The second-order valence-electron chi connectivity index (χ2n) is 8.59. The molecule has 0 aliphatic rings. The monoisotopic (exact) mass is 405 g/mol. The molecule has 3 rings (SSSR count). The highest BCUT2D eigenvalue weighted by Gasteiger charge is 2.33. The Morgan fingerprint density at radius 1 is 1.20 bits per heavy atom. The molecule has 0 amide bonds. The van der Waals surface area contributed by atoms with E-state index in [1.54, 1.807) is 12.1 Å². The first kappa shape index (κ1) is 21.5. The van der Waals surface area contributed by atoms with E-state index in [2.05, 4.69) is 6.07 Å². The van der Waals surface area contributed by atoms with Gasteiger partial charge in [0.25, 0.3) is 0 Å². The van der Waals surface area contributed by atoms with Gasteiger partial charge in [-0.2, -0.15) is 5.26 Å². The zero-order chi connectivity index (χ0) is 22.4. The van der Waals surface area contributed by atoms with Gasteiger partial charge < -0.3 is 14.4 Å². The third-order valence-electron chi connectivity index (χ3n) is 5.41. The van der Waals surface area contributed by atoms with Gasteiger partial charge in [0.1, 0.15) is 5.65 Å². The van der Waals surface area contributed by atoms with Crippen LogP contribution in [-0.4, -0.2) is 26.2 Å². The molecule has 1 unspecified atom stereocenters. The van der Waals surface area contributed by atoms with Crippen molar-refractivity contribution in [1.82, 2.24) is 9.55 Å². The van der Waals surface area contributed by atoms with Crippen molar-refractivity contribution in [3.05, 3.63) is 52.3 Å². The zero-order valence-electron chi connectivity index (χ0n) is 18.5. The summed E-state index contributed by atoms with van der Waals surface area (Å²) in [5, 5.41) is 20.2. The van der Waals surface area contributed by atoms with Gasteiger partial charge >= 0.3 is 5.97 Å². The quantitative estimate of drug-likeness (QED) is 0.661. The molecule has 3 aromatic rings. The summed E-state index contributed by atoms with van der Waals surface area (Å²) in [7, 11) is 1.96. The fourth-order valence-electron chi connectivity index (χ4n) is 3.81. The number of pyridine rings is 1. The Kier molecular flexibility index (Phi) is 5.44. The van der Waals surface area contributed by atoms with Gasteiger partial charge in [-0.3, -0.25) is 0 Å². The van der Waals surface area contributed by atoms with Crippen molar-refractivity contribution in [2.45, 2.75) is 53.2 Å². The third kappa shape index (κ3) is 3.69. The molecule has 0 bridgehead atoms. The zero-order valence-corrected chi connectivity index (χ0v) is 18.5. The second-order valence-corrected chi connectivity index (χ2v) is 8.59. The molecule has 0 aliphatic heterocycles. The molecule has 1 N–H and O–H groups in total. The molecule has 0 saturated heterocycles. The predicted molar refractivity (Wildman–Crippen MR) is 116 cm³/mol. The molecule has 2 heterocycles. The number of nitrogens with zero attached hydrogens (tertiary/aromatic N) is 3. The first-order chi connectivity index (χ1) is 14.0. The summed E-state index contributed by atoms with van der Waals surface area (Å²) >= 11 is 0. The van der Waals surface area contributed by atoms with Crippen LogP contribution >= 0.6 is 0 Å². The second kappa shape index (κ2) is 7.58. The molecule has 30 heavy (non-hydrogen) atoms. The lowest BCUT2D eigenvalue weighted by molar-refractivity contribution is -0.160. The Hall–Kier alpha value is -3.17. The number of aromatic nitrogens is 2. The topological polar surface area (TPSA) is 88.1 Å². The summed E-state index contributed by atoms with van der Waals surface area (Å²) in [5.41, 5.74) is 5.57. The molecule has 0 saturated carbocycles. The van der Waals surface area contributed by atoms with E-state index in [1.807, 2.05) is 65.3 Å². The Balaban J connectivity index is 2.47. The van der Waals surface area contributed by atoms with Gasteiger partial charge in [-0.15, -0.1) is 0 Å². The van der Waals surface area contributed by atoms with Crippen molar-refractivity contribution in [2.24, 2.45) is 7.05 Å². The van der Waals surface area contributed by atoms with Gasteiger partial charge in [-0.05, 0) is 64.8 Å². The van der Waals surface area contributed by atoms with Crippen LogP contribution in [0.3, 0.4) is 0 Å². The molecule has 156 valence electrons. The van der Waals surface area contributed by atoms with Crippen molar-refractivity contribution in [3.63, 3.8) is 0 Å². The minimum Gasteiger partial charge on any atom is -0.479 e. The number of aryl methyl sites for hydroxylation is 3. The largest absolute Gasteiger partial charge is 0.479 e. The summed E-state index contributed by atoms with van der Waals surface area (Å²) in [6.07, 6.45) is -1.17. The van der Waals surface area contributed by atoms with E-state index in [0.717, 1.165) is 33.4 Å². The van der Waals surface area contributed by atoms with E-state index in [-0.39, 0.29) is 0 Å². The van der Waals surface area contributed by atoms with E-state index in [0.29, 0.717) is 16.8 Å². The molecule has 0 radical (unpaired) electrons. The fraction of sp³-hybridized carbons (Fsp3) is 0.375. The Morgan fingerprint density at radius 2 is 1.80 bits per heavy atom. The number of benzene rings is 1. The average Bonchev–Trinajstić information content (AvgIpc) is 2.88. The van der Waals surface area contributed by atoms with Crippen LogP contribution in [0.4, 0.5) is 0 Å². The highest BCUT2D eigenvalue weighted by atomic mass is 16.5. The van der Waals surface area contributed by atoms with Crippen molar-refractivity contribution in [1.29, 1.82) is 5.26 Å². The number of carbonyl (C=O) groups is 1. The van der Waals surface area contributed by atoms with Crippen LogP contribution in [0.2, 0.25) is 0 Å². The SMILES string of the molecule is Cc1nc2c(c(C)c(C)n2C)c(-c2ccc(C#N)cc2)c1C(OC(C)(C)C)C(=O)O. The van der Waals surface area contributed by atoms with E-state index in [1.165, 1.54) is 0 Å². The van der Waals surface area contributed by atoms with Crippen molar-refractivity contribution in [2.75, 3.05) is 0 Å². The Labute approximate surface area is 176 Å². The van der Waals surface area contributed by atoms with Gasteiger partial charge in [0.15, 0.2) is 6.10 Å². The number of carboxylic acid groups (broad SMARTS) is 1. The Morgan fingerprint density at radius 3 is 2.30 bits per heavy atom. The van der Waals surface area contributed by atoms with Crippen LogP contribution < -0.4 is 0 Å². The number of fused-ring (bicyclic) bond motifs is 1. The molecular formula is C24H27N3O3. The molecular weight excluding hydrogens is 378 g/mol. The van der Waals surface area contributed by atoms with E-state index in [4.69, 9.17) is 9.72 Å². The van der Waals surface area contributed by atoms with Gasteiger partial charge in [0, 0.05) is 34.9 Å². The first-order valence-corrected chi connectivity index (χ1v) is 9.83. The summed E-state index contributed by atoms with van der Waals surface area (Å²) in [5.74, 6) is -1.06. The minimum atomic E-state index is -1.17. The van der Waals surface area contributed by atoms with Gasteiger partial charge in [-0.1, -0.05) is 12.1 Å². The van der Waals surface area contributed by atoms with Crippen LogP contribution in [0.25, 0.3) is 22.2 Å². The highest BCUT2D eigenvalue weighted by Crippen LogP contribution is 2.41. The van der Waals surface area contributed by atoms with Crippen molar-refractivity contribution in [3.8, 4) is 17.2 Å². The van der Waals surface area contributed by atoms with E-state index < -0.39 is 17.7 Å². The summed E-state index contributed by atoms with van der Waals surface area (Å²) in [6.45, 7) is 11.4. The number of hydrogen-bond donors (Lipinski definition) is 1. The van der Waals surface area contributed by atoms with Gasteiger partial charge in [0.05, 0.1) is 17.2 Å². The Bertz CT molecular complexity index is 1180. The average molecular weight is 405 g/mol. The molecule has 6 heteroatoms. The first-order valence-electron chi connectivity index (χ1n) is 9.83. The number of aliphatic carboxylic acids is 1. The van der Waals surface area contributed by atoms with Crippen LogP contribution in [-0.2, 0) is 16.6 Å². The van der Waals surface area contributed by atoms with Gasteiger partial charge in [-0.25, -0.2) is 9.78 Å². The molecule has 0 aliphatic carbocycles. The minimum absolute atomic E-state index is 0.545. The highest BCUT2D eigenvalue weighted by molar-refractivity contribution is 6.00. The summed E-state index contributed by atoms with van der Waals surface area (Å²) < 4.78 is 8.02. The maximum absolute atomic E-state index is 12.3. The standard InChI is InChI=1S/C24H27N3O3/c1-13-15(3)27(7)22-18(13)20(17-10-8-16(12-25)9-11-17)19(14(2)26-22)21(23(28)29)30-24(4,5)6/h8-11,21H,1-7H3,(H,28,29). The smallest absolute Gasteiger partial charge is 0.337 e. The molecule has 0 fully saturated rings. The maximum atomic E-state index is 12.3. The third-order valence-corrected chi connectivity index (χ3v) is 5.41. The van der Waals surface area contributed by atoms with Gasteiger partial charge in [0.2, 0.25) is 0 Å². The summed E-state index contributed by atoms with van der Waals surface area (Å²) in [6, 6.07) is 9.33. The number of nitriles is 1. The van der Waals surface area contributed by atoms with Crippen LogP contribution in [0.15, 0.2) is 24.3 Å². The van der Waals surface area contributed by atoms with Crippen molar-refractivity contribution >= 4 is 17.0 Å². The van der Waals surface area contributed by atoms with Crippen LogP contribution in [0, 0.1) is 32.1 Å². The summed E-state index contributed by atoms with van der Waals surface area (Å²) in [4.78, 5) is 17.1. The number of ether oxygens (including phenoxy) is 1. The lowest BCUT2D eigenvalue weighted by atomic mass is 9.90. The van der Waals surface area contributed by atoms with E-state index >= 15 is 0 Å². The number of carboxylic acids is 1. The van der Waals surface area contributed by atoms with Crippen LogP contribution in [0.5, 0.6) is 0 Å². The lowest BCUT2D eigenvalue weighted by Gasteiger charge is -2.28. The molecule has 2 aromatic heterocycles. The fourth-order valence-corrected chi connectivity index (χ4v) is 3.81. The van der Waals surface area contributed by atoms with E-state index in [9.17, 15) is 15.2 Å². The number of rotatable bonds is 4. The van der Waals surface area contributed by atoms with Crippen molar-refractivity contribution < 1.29 is 14.6 Å². The molecule has 1 aromatic carbocycles. The molecule has 1 atom stereocenters. The molecule has 0 spiro atoms. The van der Waals surface area contributed by atoms with Crippen LogP contribution in [0.1, 0.15) is 55.0 Å². The normalized spacial score (nSPS) is 12.7. The predicted octanol–water partition coefficient (Wildman–Crippen LogP) is 4.98. The lowest BCUT2D eigenvalue weighted by Crippen LogP contribution is -2.28.